The van der Waals surface area contributed by atoms with Crippen LogP contribution in [-0.2, 0) is 4.74 Å². The molecular formula is C10H19BrO2. The van der Waals surface area contributed by atoms with Crippen molar-refractivity contribution in [2.24, 2.45) is 0 Å². The van der Waals surface area contributed by atoms with E-state index in [0.717, 1.165) is 32.3 Å². The van der Waals surface area contributed by atoms with Gasteiger partial charge < -0.3 is 9.84 Å². The smallest absolute Gasteiger partial charge is 0.0725 e. The molecule has 0 aliphatic heterocycles. The largest absolute Gasteiger partial charge is 0.392 e. The zero-order chi connectivity index (χ0) is 9.68. The van der Waals surface area contributed by atoms with Crippen LogP contribution in [0.4, 0.5) is 0 Å². The van der Waals surface area contributed by atoms with Gasteiger partial charge in [0, 0.05) is 6.61 Å². The van der Waals surface area contributed by atoms with Crippen molar-refractivity contribution < 1.29 is 9.84 Å². The molecule has 1 N–H and O–H groups in total. The summed E-state index contributed by atoms with van der Waals surface area (Å²) in [6.45, 7) is 2.99. The average Bonchev–Trinajstić information content (AvgIpc) is 2.13. The molecule has 0 radical (unpaired) electrons. The van der Waals surface area contributed by atoms with E-state index in [1.54, 1.807) is 0 Å². The highest BCUT2D eigenvalue weighted by atomic mass is 79.9. The van der Waals surface area contributed by atoms with Gasteiger partial charge in [-0.25, -0.2) is 0 Å². The minimum absolute atomic E-state index is 0.137. The molecule has 3 unspecified atom stereocenters. The normalized spacial score (nSPS) is 34.8. The highest BCUT2D eigenvalue weighted by Gasteiger charge is 2.30. The van der Waals surface area contributed by atoms with E-state index in [-0.39, 0.29) is 17.0 Å². The third-order valence-electron chi connectivity index (χ3n) is 2.54. The highest BCUT2D eigenvalue weighted by Crippen LogP contribution is 2.27. The van der Waals surface area contributed by atoms with Crippen LogP contribution in [-0.4, -0.2) is 28.7 Å². The van der Waals surface area contributed by atoms with Crippen molar-refractivity contribution in [2.75, 3.05) is 6.61 Å². The maximum Gasteiger partial charge on any atom is 0.0725 e. The zero-order valence-corrected chi connectivity index (χ0v) is 9.79. The molecule has 1 saturated carbocycles. The number of aliphatic hydroxyl groups is 1. The van der Waals surface area contributed by atoms with Gasteiger partial charge >= 0.3 is 0 Å². The summed E-state index contributed by atoms with van der Waals surface area (Å²) in [6.07, 6.45) is 5.35. The van der Waals surface area contributed by atoms with Gasteiger partial charge in [0.25, 0.3) is 0 Å². The SMILES string of the molecule is CCCCOC1CCCC(O)C1Br. The molecule has 0 heterocycles. The van der Waals surface area contributed by atoms with Crippen LogP contribution < -0.4 is 0 Å². The second kappa shape index (κ2) is 5.99. The zero-order valence-electron chi connectivity index (χ0n) is 8.21. The molecular weight excluding hydrogens is 232 g/mol. The number of unbranched alkanes of at least 4 members (excludes halogenated alkanes) is 1. The van der Waals surface area contributed by atoms with E-state index in [1.807, 2.05) is 0 Å². The van der Waals surface area contributed by atoms with Crippen molar-refractivity contribution in [3.63, 3.8) is 0 Å². The topological polar surface area (TPSA) is 29.5 Å². The molecule has 1 rings (SSSR count). The van der Waals surface area contributed by atoms with Crippen molar-refractivity contribution >= 4 is 15.9 Å². The number of hydrogen-bond acceptors (Lipinski definition) is 2. The number of hydrogen-bond donors (Lipinski definition) is 1. The van der Waals surface area contributed by atoms with E-state index >= 15 is 0 Å². The van der Waals surface area contributed by atoms with Crippen LogP contribution in [0.5, 0.6) is 0 Å². The summed E-state index contributed by atoms with van der Waals surface area (Å²) in [5, 5.41) is 9.58. The third kappa shape index (κ3) is 3.56. The minimum atomic E-state index is -0.222. The Balaban J connectivity index is 2.23. The van der Waals surface area contributed by atoms with Gasteiger partial charge in [-0.2, -0.15) is 0 Å². The number of aliphatic hydroxyl groups excluding tert-OH is 1. The van der Waals surface area contributed by atoms with Crippen molar-refractivity contribution in [3.05, 3.63) is 0 Å². The Bertz CT molecular complexity index is 141. The predicted octanol–water partition coefficient (Wildman–Crippen LogP) is 2.48. The van der Waals surface area contributed by atoms with Gasteiger partial charge in [0.1, 0.15) is 0 Å². The fourth-order valence-corrected chi connectivity index (χ4v) is 2.33. The number of rotatable bonds is 4. The first-order valence-corrected chi connectivity index (χ1v) is 6.11. The average molecular weight is 251 g/mol. The molecule has 3 atom stereocenters. The van der Waals surface area contributed by atoms with Crippen LogP contribution in [0.1, 0.15) is 39.0 Å². The quantitative estimate of drug-likeness (QED) is 0.614. The van der Waals surface area contributed by atoms with Gasteiger partial charge in [0.05, 0.1) is 17.0 Å². The highest BCUT2D eigenvalue weighted by molar-refractivity contribution is 9.09. The van der Waals surface area contributed by atoms with Crippen LogP contribution >= 0.6 is 15.9 Å². The lowest BCUT2D eigenvalue weighted by molar-refractivity contribution is -0.00702. The van der Waals surface area contributed by atoms with E-state index in [4.69, 9.17) is 4.74 Å². The first-order valence-electron chi connectivity index (χ1n) is 5.19. The first-order chi connectivity index (χ1) is 6.25. The van der Waals surface area contributed by atoms with Crippen molar-refractivity contribution in [1.29, 1.82) is 0 Å². The van der Waals surface area contributed by atoms with Gasteiger partial charge in [-0.1, -0.05) is 29.3 Å². The summed E-state index contributed by atoms with van der Waals surface area (Å²) in [5.74, 6) is 0. The van der Waals surface area contributed by atoms with E-state index in [0.29, 0.717) is 0 Å². The molecule has 0 aromatic rings. The van der Waals surface area contributed by atoms with E-state index in [1.165, 1.54) is 6.42 Å². The maximum absolute atomic E-state index is 9.58. The monoisotopic (exact) mass is 250 g/mol. The Hall–Kier alpha value is 0.400. The van der Waals surface area contributed by atoms with Crippen LogP contribution in [0.2, 0.25) is 0 Å². The maximum atomic E-state index is 9.58. The lowest BCUT2D eigenvalue weighted by atomic mass is 9.95. The van der Waals surface area contributed by atoms with Crippen LogP contribution in [0.3, 0.4) is 0 Å². The molecule has 13 heavy (non-hydrogen) atoms. The minimum Gasteiger partial charge on any atom is -0.392 e. The molecule has 1 fully saturated rings. The molecule has 0 saturated heterocycles. The predicted molar refractivity (Wildman–Crippen MR) is 57.2 cm³/mol. The van der Waals surface area contributed by atoms with E-state index < -0.39 is 0 Å². The molecule has 2 nitrogen and oxygen atoms in total. The van der Waals surface area contributed by atoms with Gasteiger partial charge in [0.2, 0.25) is 0 Å². The molecule has 0 aromatic heterocycles. The summed E-state index contributed by atoms with van der Waals surface area (Å²) in [5.41, 5.74) is 0. The summed E-state index contributed by atoms with van der Waals surface area (Å²) < 4.78 is 5.70. The summed E-state index contributed by atoms with van der Waals surface area (Å²) in [7, 11) is 0. The van der Waals surface area contributed by atoms with Gasteiger partial charge in [0.15, 0.2) is 0 Å². The van der Waals surface area contributed by atoms with Crippen molar-refractivity contribution in [2.45, 2.75) is 56.1 Å². The Kier molecular flexibility index (Phi) is 5.29. The van der Waals surface area contributed by atoms with Crippen LogP contribution in [0.25, 0.3) is 0 Å². The molecule has 3 heteroatoms. The lowest BCUT2D eigenvalue weighted by Crippen LogP contribution is -2.38. The van der Waals surface area contributed by atoms with Crippen molar-refractivity contribution in [3.8, 4) is 0 Å². The summed E-state index contributed by atoms with van der Waals surface area (Å²) >= 11 is 3.50. The van der Waals surface area contributed by atoms with Crippen LogP contribution in [0.15, 0.2) is 0 Å². The van der Waals surface area contributed by atoms with E-state index in [9.17, 15) is 5.11 Å². The van der Waals surface area contributed by atoms with Gasteiger partial charge in [-0.15, -0.1) is 0 Å². The van der Waals surface area contributed by atoms with Crippen LogP contribution in [0, 0.1) is 0 Å². The standard InChI is InChI=1S/C10H19BrO2/c1-2-3-7-13-9-6-4-5-8(12)10(9)11/h8-10,12H,2-7H2,1H3. The molecule has 78 valence electrons. The third-order valence-corrected chi connectivity index (χ3v) is 3.74. The second-order valence-electron chi connectivity index (χ2n) is 3.71. The molecule has 0 amide bonds. The number of alkyl halides is 1. The lowest BCUT2D eigenvalue weighted by Gasteiger charge is -2.31. The second-order valence-corrected chi connectivity index (χ2v) is 4.76. The fraction of sp³-hybridized carbons (Fsp3) is 1.00. The molecule has 1 aliphatic carbocycles. The molecule has 0 spiro atoms. The summed E-state index contributed by atoms with van der Waals surface area (Å²) in [6, 6.07) is 0. The van der Waals surface area contributed by atoms with Crippen molar-refractivity contribution in [1.82, 2.24) is 0 Å². The Labute approximate surface area is 88.8 Å². The van der Waals surface area contributed by atoms with E-state index in [2.05, 4.69) is 22.9 Å². The Morgan fingerprint density at radius 3 is 2.92 bits per heavy atom. The molecule has 0 aromatic carbocycles. The number of halogens is 1. The molecule has 1 aliphatic rings. The fourth-order valence-electron chi connectivity index (χ4n) is 1.65. The Morgan fingerprint density at radius 2 is 2.23 bits per heavy atom. The first kappa shape index (κ1) is 11.5. The Morgan fingerprint density at radius 1 is 1.46 bits per heavy atom. The number of ether oxygens (including phenoxy) is 1. The van der Waals surface area contributed by atoms with Gasteiger partial charge in [-0.3, -0.25) is 0 Å². The van der Waals surface area contributed by atoms with Gasteiger partial charge in [-0.05, 0) is 25.7 Å². The molecule has 0 bridgehead atoms. The summed E-state index contributed by atoms with van der Waals surface area (Å²) in [4.78, 5) is 0.137.